The topological polar surface area (TPSA) is 87.1 Å². The van der Waals surface area contributed by atoms with E-state index in [2.05, 4.69) is 0 Å². The van der Waals surface area contributed by atoms with E-state index in [9.17, 15) is 33.0 Å². The Kier molecular flexibility index (Phi) is 8.72. The molecule has 0 saturated heterocycles. The van der Waals surface area contributed by atoms with Crippen LogP contribution >= 0.6 is 22.9 Å². The van der Waals surface area contributed by atoms with Crippen LogP contribution in [0.25, 0.3) is 21.2 Å². The molecule has 0 unspecified atom stereocenters. The summed E-state index contributed by atoms with van der Waals surface area (Å²) < 4.78 is 40.1. The number of alkyl halides is 3. The number of nitrogens with zero attached hydrogens (tertiary/aromatic N) is 1. The number of hydroxylamine groups is 2. The Bertz CT molecular complexity index is 1750. The molecule has 0 saturated carbocycles. The van der Waals surface area contributed by atoms with E-state index in [0.717, 1.165) is 38.4 Å². The van der Waals surface area contributed by atoms with Crippen LogP contribution in [-0.2, 0) is 28.8 Å². The molecule has 0 bridgehead atoms. The van der Waals surface area contributed by atoms with E-state index in [1.54, 1.807) is 18.2 Å². The van der Waals surface area contributed by atoms with Crippen LogP contribution in [0.15, 0.2) is 97.1 Å². The monoisotopic (exact) mass is 625 g/mol. The number of phenols is 1. The molecule has 1 heterocycles. The number of thiophene rings is 1. The summed E-state index contributed by atoms with van der Waals surface area (Å²) in [4.78, 5) is 31.6. The number of benzene rings is 4. The van der Waals surface area contributed by atoms with Crippen molar-refractivity contribution in [1.29, 1.82) is 0 Å². The molecule has 0 aliphatic rings. The molecule has 43 heavy (non-hydrogen) atoms. The summed E-state index contributed by atoms with van der Waals surface area (Å²) in [6, 6.07) is 23.3. The fourth-order valence-corrected chi connectivity index (χ4v) is 5.51. The molecule has 4 aromatic carbocycles. The average molecular weight is 626 g/mol. The third-order valence-electron chi connectivity index (χ3n) is 6.71. The Labute approximate surface area is 253 Å². The fourth-order valence-electron chi connectivity index (χ4n) is 4.47. The van der Waals surface area contributed by atoms with Crippen molar-refractivity contribution < 1.29 is 37.8 Å². The normalized spacial score (nSPS) is 12.4. The minimum atomic E-state index is -4.54. The second-order valence-electron chi connectivity index (χ2n) is 9.74. The van der Waals surface area contributed by atoms with Crippen LogP contribution < -0.4 is 0 Å². The second kappa shape index (κ2) is 12.5. The summed E-state index contributed by atoms with van der Waals surface area (Å²) in [6.45, 7) is -0.287. The number of fused-ring (bicyclic) bond motifs is 1. The minimum Gasteiger partial charge on any atom is -0.508 e. The first-order valence-corrected chi connectivity index (χ1v) is 14.1. The third kappa shape index (κ3) is 7.34. The molecule has 11 heteroatoms. The van der Waals surface area contributed by atoms with Crippen LogP contribution in [0.4, 0.5) is 13.2 Å². The van der Waals surface area contributed by atoms with Crippen molar-refractivity contribution >= 4 is 45.0 Å². The average Bonchev–Trinajstić information content (AvgIpc) is 3.40. The van der Waals surface area contributed by atoms with Gasteiger partial charge in [-0.15, -0.1) is 16.4 Å². The Morgan fingerprint density at radius 1 is 0.860 bits per heavy atom. The quantitative estimate of drug-likeness (QED) is 0.161. The van der Waals surface area contributed by atoms with Gasteiger partial charge in [-0.1, -0.05) is 54.1 Å². The maximum atomic E-state index is 13.4. The van der Waals surface area contributed by atoms with E-state index in [4.69, 9.17) is 16.4 Å². The van der Waals surface area contributed by atoms with Crippen LogP contribution in [0.1, 0.15) is 26.4 Å². The van der Waals surface area contributed by atoms with E-state index in [1.807, 2.05) is 30.3 Å². The number of hydrogen-bond donors (Lipinski definition) is 2. The van der Waals surface area contributed by atoms with Crippen molar-refractivity contribution in [3.05, 3.63) is 124 Å². The molecular weight excluding hydrogens is 603 g/mol. The first-order valence-electron chi connectivity index (χ1n) is 12.9. The lowest BCUT2D eigenvalue weighted by Crippen LogP contribution is -2.43. The number of carboxylic acid groups (broad SMARTS) is 1. The molecule has 6 nitrogen and oxygen atoms in total. The largest absolute Gasteiger partial charge is 0.508 e. The molecule has 0 aliphatic heterocycles. The highest BCUT2D eigenvalue weighted by atomic mass is 35.5. The molecule has 0 amide bonds. The molecule has 5 rings (SSSR count). The number of carbonyl (C=O) groups excluding carboxylic acids is 1. The van der Waals surface area contributed by atoms with Gasteiger partial charge in [-0.05, 0) is 82.2 Å². The highest BCUT2D eigenvalue weighted by Crippen LogP contribution is 2.32. The van der Waals surface area contributed by atoms with Crippen molar-refractivity contribution in [2.24, 2.45) is 0 Å². The van der Waals surface area contributed by atoms with Gasteiger partial charge in [0.25, 0.3) is 0 Å². The lowest BCUT2D eigenvalue weighted by molar-refractivity contribution is -0.174. The fraction of sp³-hybridized carbons (Fsp3) is 0.125. The van der Waals surface area contributed by atoms with Crippen molar-refractivity contribution in [2.75, 3.05) is 0 Å². The van der Waals surface area contributed by atoms with Gasteiger partial charge in [0, 0.05) is 16.1 Å². The first-order chi connectivity index (χ1) is 20.5. The van der Waals surface area contributed by atoms with Crippen LogP contribution in [-0.4, -0.2) is 33.3 Å². The summed E-state index contributed by atoms with van der Waals surface area (Å²) in [6.07, 6.45) is -4.65. The lowest BCUT2D eigenvalue weighted by Gasteiger charge is -2.27. The number of carboxylic acids is 1. The number of aliphatic carboxylic acids is 1. The predicted molar refractivity (Wildman–Crippen MR) is 158 cm³/mol. The van der Waals surface area contributed by atoms with Gasteiger partial charge in [-0.2, -0.15) is 13.2 Å². The Morgan fingerprint density at radius 2 is 1.49 bits per heavy atom. The lowest BCUT2D eigenvalue weighted by atomic mass is 10.0. The summed E-state index contributed by atoms with van der Waals surface area (Å²) in [5.74, 6) is -2.12. The minimum absolute atomic E-state index is 0.00681. The van der Waals surface area contributed by atoms with Gasteiger partial charge in [-0.3, -0.25) is 4.79 Å². The molecule has 1 aromatic heterocycles. The van der Waals surface area contributed by atoms with E-state index < -0.39 is 29.7 Å². The molecule has 5 aromatic rings. The molecule has 0 fully saturated rings. The SMILES string of the molecule is O=C(ON(Cc1ccc(C(F)(F)F)cc1)[C@@H](Cc1ccc(O)cc1)C(=O)O)c1cc2cc(-c3ccc(Cl)cc3)ccc2s1. The summed E-state index contributed by atoms with van der Waals surface area (Å²) in [5.41, 5.74) is 1.83. The van der Waals surface area contributed by atoms with Crippen LogP contribution in [0.3, 0.4) is 0 Å². The third-order valence-corrected chi connectivity index (χ3v) is 8.06. The molecule has 0 spiro atoms. The smallest absolute Gasteiger partial charge is 0.416 e. The van der Waals surface area contributed by atoms with E-state index in [1.165, 1.54) is 47.7 Å². The summed E-state index contributed by atoms with van der Waals surface area (Å²) in [5, 5.41) is 22.1. The number of rotatable bonds is 9. The van der Waals surface area contributed by atoms with Crippen LogP contribution in [0, 0.1) is 0 Å². The Balaban J connectivity index is 1.43. The highest BCUT2D eigenvalue weighted by Gasteiger charge is 2.32. The van der Waals surface area contributed by atoms with Crippen LogP contribution in [0.2, 0.25) is 5.02 Å². The molecule has 0 aliphatic carbocycles. The summed E-state index contributed by atoms with van der Waals surface area (Å²) in [7, 11) is 0. The number of phenolic OH excluding ortho intramolecular Hbond substituents is 1. The number of carbonyl (C=O) groups is 2. The van der Waals surface area contributed by atoms with Gasteiger partial charge in [-0.25, -0.2) is 4.79 Å². The number of aromatic hydroxyl groups is 1. The van der Waals surface area contributed by atoms with Crippen molar-refractivity contribution in [3.63, 3.8) is 0 Å². The number of halogens is 4. The van der Waals surface area contributed by atoms with Crippen molar-refractivity contribution in [2.45, 2.75) is 25.2 Å². The van der Waals surface area contributed by atoms with Gasteiger partial charge in [0.15, 0.2) is 0 Å². The molecule has 220 valence electrons. The molecule has 1 atom stereocenters. The molecule has 2 N–H and O–H groups in total. The van der Waals surface area contributed by atoms with Gasteiger partial charge in [0.05, 0.1) is 12.1 Å². The standard InChI is InChI=1S/C32H23ClF3NO5S/c33-25-10-5-21(6-11-25)22-7-14-28-23(16-22)17-29(43-28)31(41)42-37(18-20-1-8-24(9-2-20)32(34,35)36)27(30(39)40)15-19-3-12-26(38)13-4-19/h1-14,16-17,27,38H,15,18H2,(H,39,40)/t27-/m0/s1. The summed E-state index contributed by atoms with van der Waals surface area (Å²) >= 11 is 7.17. The zero-order valence-corrected chi connectivity index (χ0v) is 23.8. The van der Waals surface area contributed by atoms with Gasteiger partial charge in [0.2, 0.25) is 0 Å². The zero-order valence-electron chi connectivity index (χ0n) is 22.2. The van der Waals surface area contributed by atoms with Crippen molar-refractivity contribution in [3.8, 4) is 16.9 Å². The Morgan fingerprint density at radius 3 is 2.12 bits per heavy atom. The first kappa shape index (κ1) is 30.1. The van der Waals surface area contributed by atoms with Gasteiger partial charge >= 0.3 is 18.1 Å². The predicted octanol–water partition coefficient (Wildman–Crippen LogP) is 8.22. The van der Waals surface area contributed by atoms with E-state index in [0.29, 0.717) is 16.1 Å². The van der Waals surface area contributed by atoms with Gasteiger partial charge in [0.1, 0.15) is 16.7 Å². The zero-order chi connectivity index (χ0) is 30.7. The number of hydrogen-bond acceptors (Lipinski definition) is 6. The maximum absolute atomic E-state index is 13.4. The molecule has 0 radical (unpaired) electrons. The molecular formula is C32H23ClF3NO5S. The van der Waals surface area contributed by atoms with E-state index in [-0.39, 0.29) is 23.6 Å². The van der Waals surface area contributed by atoms with E-state index >= 15 is 0 Å². The highest BCUT2D eigenvalue weighted by molar-refractivity contribution is 7.20. The second-order valence-corrected chi connectivity index (χ2v) is 11.3. The van der Waals surface area contributed by atoms with Crippen molar-refractivity contribution in [1.82, 2.24) is 5.06 Å². The maximum Gasteiger partial charge on any atom is 0.416 e. The Hall–Kier alpha value is -4.38. The van der Waals surface area contributed by atoms with Gasteiger partial charge < -0.3 is 15.1 Å². The van der Waals surface area contributed by atoms with Crippen LogP contribution in [0.5, 0.6) is 5.75 Å².